The number of carbonyl (C=O) groups is 2. The van der Waals surface area contributed by atoms with Crippen LogP contribution in [0.1, 0.15) is 48.9 Å². The Bertz CT molecular complexity index is 1820. The molecule has 0 unspecified atom stereocenters. The molecule has 302 valence electrons. The van der Waals surface area contributed by atoms with E-state index in [1.165, 1.54) is 47.8 Å². The molecule has 0 aliphatic heterocycles. The third-order valence-electron chi connectivity index (χ3n) is 7.99. The van der Waals surface area contributed by atoms with Gasteiger partial charge in [-0.3, -0.25) is 0 Å². The highest BCUT2D eigenvalue weighted by Gasteiger charge is 2.35. The maximum Gasteiger partial charge on any atom is 0.416 e. The standard InChI is InChI=1S/C40H38Cl2F6O6S2/c1-3-51-37(49)23-53-35-15-13-29(21-33(35)41)55-17-5-7-25-9-11-27(19-31(25)39(43,44)45)28-12-10-26(32(20-28)40(46,47)48)8-6-18-56-30-14-16-36(34(42)22-30)54-24-38(50)52-4-2/h9-16,19-22H,3-8,17-18,23-24H2,1-2H3. The Morgan fingerprint density at radius 1 is 0.589 bits per heavy atom. The Morgan fingerprint density at radius 3 is 1.32 bits per heavy atom. The third kappa shape index (κ3) is 13.7. The maximum absolute atomic E-state index is 14.2. The molecule has 0 atom stereocenters. The van der Waals surface area contributed by atoms with Gasteiger partial charge in [-0.25, -0.2) is 9.59 Å². The van der Waals surface area contributed by atoms with Crippen molar-refractivity contribution in [1.82, 2.24) is 0 Å². The topological polar surface area (TPSA) is 71.1 Å². The lowest BCUT2D eigenvalue weighted by Crippen LogP contribution is -2.14. The van der Waals surface area contributed by atoms with Crippen molar-refractivity contribution in [3.05, 3.63) is 105 Å². The molecule has 16 heteroatoms. The molecule has 0 bridgehead atoms. The molecule has 6 nitrogen and oxygen atoms in total. The minimum atomic E-state index is -4.73. The molecular weight excluding hydrogens is 825 g/mol. The van der Waals surface area contributed by atoms with Crippen LogP contribution in [-0.2, 0) is 44.3 Å². The highest BCUT2D eigenvalue weighted by Crippen LogP contribution is 2.40. The molecule has 0 amide bonds. The van der Waals surface area contributed by atoms with E-state index in [1.54, 1.807) is 50.2 Å². The minimum Gasteiger partial charge on any atom is -0.480 e. The summed E-state index contributed by atoms with van der Waals surface area (Å²) in [4.78, 5) is 24.6. The van der Waals surface area contributed by atoms with Gasteiger partial charge in [0.05, 0.1) is 34.4 Å². The van der Waals surface area contributed by atoms with Gasteiger partial charge in [-0.15, -0.1) is 23.5 Å². The molecule has 0 aromatic heterocycles. The Hall–Kier alpha value is -3.72. The van der Waals surface area contributed by atoms with Gasteiger partial charge in [-0.05, 0) is 122 Å². The molecule has 0 heterocycles. The van der Waals surface area contributed by atoms with Crippen molar-refractivity contribution in [3.63, 3.8) is 0 Å². The number of esters is 2. The number of carbonyl (C=O) groups excluding carboxylic acids is 2. The van der Waals surface area contributed by atoms with Gasteiger partial charge in [0.1, 0.15) is 11.5 Å². The smallest absolute Gasteiger partial charge is 0.416 e. The van der Waals surface area contributed by atoms with Gasteiger partial charge in [-0.1, -0.05) is 47.5 Å². The average molecular weight is 864 g/mol. The molecule has 0 saturated carbocycles. The second-order valence-corrected chi connectivity index (χ2v) is 15.2. The molecule has 4 rings (SSSR count). The van der Waals surface area contributed by atoms with Crippen molar-refractivity contribution in [2.45, 2.75) is 61.7 Å². The highest BCUT2D eigenvalue weighted by atomic mass is 35.5. The molecule has 0 fully saturated rings. The molecule has 4 aromatic carbocycles. The number of hydrogen-bond acceptors (Lipinski definition) is 8. The molecule has 56 heavy (non-hydrogen) atoms. The van der Waals surface area contributed by atoms with E-state index < -0.39 is 35.4 Å². The molecule has 4 aromatic rings. The first-order chi connectivity index (χ1) is 26.6. The Balaban J connectivity index is 1.37. The van der Waals surface area contributed by atoms with Gasteiger partial charge in [0.2, 0.25) is 0 Å². The van der Waals surface area contributed by atoms with E-state index in [0.29, 0.717) is 24.3 Å². The summed E-state index contributed by atoms with van der Waals surface area (Å²) < 4.78 is 106. The third-order valence-corrected chi connectivity index (χ3v) is 10.7. The van der Waals surface area contributed by atoms with Crippen molar-refractivity contribution in [3.8, 4) is 22.6 Å². The first-order valence-electron chi connectivity index (χ1n) is 17.4. The molecule has 0 aliphatic carbocycles. The summed E-state index contributed by atoms with van der Waals surface area (Å²) in [5.41, 5.74) is -1.69. The summed E-state index contributed by atoms with van der Waals surface area (Å²) in [5.74, 6) is 0.422. The fraction of sp³-hybridized carbons (Fsp3) is 0.350. The lowest BCUT2D eigenvalue weighted by atomic mass is 9.93. The number of benzene rings is 4. The van der Waals surface area contributed by atoms with E-state index >= 15 is 0 Å². The van der Waals surface area contributed by atoms with Crippen molar-refractivity contribution >= 4 is 58.7 Å². The van der Waals surface area contributed by atoms with E-state index in [-0.39, 0.29) is 83.1 Å². The van der Waals surface area contributed by atoms with Gasteiger partial charge >= 0.3 is 24.3 Å². The van der Waals surface area contributed by atoms with Crippen molar-refractivity contribution in [1.29, 1.82) is 0 Å². The Labute approximate surface area is 339 Å². The average Bonchev–Trinajstić information content (AvgIpc) is 3.14. The van der Waals surface area contributed by atoms with Crippen molar-refractivity contribution in [2.24, 2.45) is 0 Å². The van der Waals surface area contributed by atoms with Gasteiger partial charge in [0, 0.05) is 9.79 Å². The lowest BCUT2D eigenvalue weighted by Gasteiger charge is -2.17. The predicted octanol–water partition coefficient (Wildman–Crippen LogP) is 12.0. The van der Waals surface area contributed by atoms with Gasteiger partial charge in [0.25, 0.3) is 0 Å². The number of thioether (sulfide) groups is 2. The zero-order valence-electron chi connectivity index (χ0n) is 30.3. The molecule has 0 saturated heterocycles. The van der Waals surface area contributed by atoms with Crippen LogP contribution in [0.4, 0.5) is 26.3 Å². The van der Waals surface area contributed by atoms with E-state index in [1.807, 2.05) is 0 Å². The van der Waals surface area contributed by atoms with Crippen LogP contribution >= 0.6 is 46.7 Å². The largest absolute Gasteiger partial charge is 0.480 e. The van der Waals surface area contributed by atoms with Crippen LogP contribution in [0.2, 0.25) is 10.0 Å². The number of ether oxygens (including phenoxy) is 4. The first kappa shape index (κ1) is 45.0. The monoisotopic (exact) mass is 862 g/mol. The molecular formula is C40H38Cl2F6O6S2. The summed E-state index contributed by atoms with van der Waals surface area (Å²) >= 11 is 15.3. The summed E-state index contributed by atoms with van der Waals surface area (Å²) in [6.07, 6.45) is -8.53. The second kappa shape index (κ2) is 21.2. The van der Waals surface area contributed by atoms with Crippen LogP contribution in [0.3, 0.4) is 0 Å². The second-order valence-electron chi connectivity index (χ2n) is 12.0. The number of hydrogen-bond donors (Lipinski definition) is 0. The van der Waals surface area contributed by atoms with Crippen LogP contribution in [0.5, 0.6) is 11.5 Å². The number of alkyl halides is 6. The quantitative estimate of drug-likeness (QED) is 0.0400. The fourth-order valence-electron chi connectivity index (χ4n) is 5.44. The molecule has 0 aliphatic rings. The van der Waals surface area contributed by atoms with Crippen LogP contribution in [0.15, 0.2) is 82.6 Å². The van der Waals surface area contributed by atoms with Crippen LogP contribution in [-0.4, -0.2) is 49.9 Å². The van der Waals surface area contributed by atoms with Gasteiger partial charge < -0.3 is 18.9 Å². The maximum atomic E-state index is 14.2. The number of halogens is 8. The van der Waals surface area contributed by atoms with E-state index in [2.05, 4.69) is 0 Å². The number of aryl methyl sites for hydroxylation is 2. The molecule has 0 spiro atoms. The lowest BCUT2D eigenvalue weighted by molar-refractivity contribution is -0.146. The SMILES string of the molecule is CCOC(=O)COc1ccc(SCCCc2ccc(-c3ccc(CCCSc4ccc(OCC(=O)OCC)c(Cl)c4)c(C(F)(F)F)c3)cc2C(F)(F)F)cc1Cl. The first-order valence-corrected chi connectivity index (χ1v) is 20.1. The van der Waals surface area contributed by atoms with Crippen molar-refractivity contribution < 1.29 is 54.9 Å². The minimum absolute atomic E-state index is 0.0227. The Morgan fingerprint density at radius 2 is 0.982 bits per heavy atom. The summed E-state index contributed by atoms with van der Waals surface area (Å²) in [7, 11) is 0. The molecule has 0 radical (unpaired) electrons. The van der Waals surface area contributed by atoms with Gasteiger partial charge in [0.15, 0.2) is 13.2 Å². The Kier molecular flexibility index (Phi) is 17.0. The predicted molar refractivity (Wildman–Crippen MR) is 207 cm³/mol. The summed E-state index contributed by atoms with van der Waals surface area (Å²) in [5, 5.41) is 0.529. The fourth-order valence-corrected chi connectivity index (χ4v) is 7.82. The van der Waals surface area contributed by atoms with Gasteiger partial charge in [-0.2, -0.15) is 26.3 Å². The zero-order valence-corrected chi connectivity index (χ0v) is 33.4. The van der Waals surface area contributed by atoms with Crippen LogP contribution < -0.4 is 9.47 Å². The normalized spacial score (nSPS) is 11.7. The molecule has 0 N–H and O–H groups in total. The van der Waals surface area contributed by atoms with Crippen LogP contribution in [0, 0.1) is 0 Å². The summed E-state index contributed by atoms with van der Waals surface area (Å²) in [6, 6.07) is 17.2. The highest BCUT2D eigenvalue weighted by molar-refractivity contribution is 7.99. The van der Waals surface area contributed by atoms with Crippen molar-refractivity contribution in [2.75, 3.05) is 37.9 Å². The van der Waals surface area contributed by atoms with Crippen LogP contribution in [0.25, 0.3) is 11.1 Å². The van der Waals surface area contributed by atoms with E-state index in [0.717, 1.165) is 21.9 Å². The van der Waals surface area contributed by atoms with E-state index in [4.69, 9.17) is 42.1 Å². The zero-order chi connectivity index (χ0) is 40.9. The summed E-state index contributed by atoms with van der Waals surface area (Å²) in [6.45, 7) is 3.18. The van der Waals surface area contributed by atoms with E-state index in [9.17, 15) is 35.9 Å². The number of rotatable bonds is 19.